The van der Waals surface area contributed by atoms with Crippen molar-refractivity contribution in [3.63, 3.8) is 0 Å². The summed E-state index contributed by atoms with van der Waals surface area (Å²) in [5, 5.41) is 3.60. The Labute approximate surface area is 162 Å². The molecule has 0 aliphatic rings. The van der Waals surface area contributed by atoms with Crippen LogP contribution in [0.15, 0.2) is 78.9 Å². The molecule has 0 unspecified atom stereocenters. The van der Waals surface area contributed by atoms with Gasteiger partial charge in [-0.25, -0.2) is 0 Å². The maximum Gasteiger partial charge on any atom is 0.234 e. The highest BCUT2D eigenvalue weighted by atomic mass is 35.5. The van der Waals surface area contributed by atoms with E-state index in [9.17, 15) is 4.79 Å². The molecular weight excluding hydrogens is 366 g/mol. The van der Waals surface area contributed by atoms with Crippen LogP contribution in [0.2, 0.25) is 5.02 Å². The minimum absolute atomic E-state index is 0.0336. The molecule has 0 radical (unpaired) electrons. The Balaban J connectivity index is 1.45. The van der Waals surface area contributed by atoms with Crippen LogP contribution in [0.25, 0.3) is 0 Å². The summed E-state index contributed by atoms with van der Waals surface area (Å²) in [4.78, 5) is 12.1. The first kappa shape index (κ1) is 18.4. The molecular formula is C21H18ClNO2S. The summed E-state index contributed by atoms with van der Waals surface area (Å²) < 4.78 is 5.73. The summed E-state index contributed by atoms with van der Waals surface area (Å²) in [6.07, 6.45) is 0. The molecule has 0 bridgehead atoms. The van der Waals surface area contributed by atoms with Gasteiger partial charge in [-0.2, -0.15) is 0 Å². The molecule has 3 nitrogen and oxygen atoms in total. The second-order valence-electron chi connectivity index (χ2n) is 5.61. The van der Waals surface area contributed by atoms with E-state index in [2.05, 4.69) is 5.32 Å². The molecule has 5 heteroatoms. The number of hydrogen-bond donors (Lipinski definition) is 1. The number of para-hydroxylation sites is 1. The number of anilines is 1. The number of rotatable bonds is 7. The Kier molecular flexibility index (Phi) is 6.58. The zero-order valence-corrected chi connectivity index (χ0v) is 15.6. The Hall–Kier alpha value is -2.43. The van der Waals surface area contributed by atoms with Gasteiger partial charge in [0.1, 0.15) is 11.5 Å². The summed E-state index contributed by atoms with van der Waals surface area (Å²) in [5.41, 5.74) is 1.86. The van der Waals surface area contributed by atoms with Crippen molar-refractivity contribution < 1.29 is 9.53 Å². The number of ether oxygens (including phenoxy) is 1. The van der Waals surface area contributed by atoms with E-state index in [0.29, 0.717) is 10.8 Å². The zero-order chi connectivity index (χ0) is 18.2. The molecule has 0 heterocycles. The molecule has 1 amide bonds. The topological polar surface area (TPSA) is 38.3 Å². The number of carbonyl (C=O) groups excluding carboxylic acids is 1. The first-order chi connectivity index (χ1) is 12.7. The summed E-state index contributed by atoms with van der Waals surface area (Å²) in [6, 6.07) is 24.6. The fourth-order valence-electron chi connectivity index (χ4n) is 2.32. The van der Waals surface area contributed by atoms with Crippen LogP contribution in [-0.4, -0.2) is 11.7 Å². The molecule has 0 aromatic heterocycles. The fraction of sp³-hybridized carbons (Fsp3) is 0.0952. The molecule has 3 rings (SSSR count). The van der Waals surface area contributed by atoms with Crippen molar-refractivity contribution in [3.8, 4) is 11.5 Å². The highest BCUT2D eigenvalue weighted by Crippen LogP contribution is 2.23. The van der Waals surface area contributed by atoms with Crippen molar-refractivity contribution in [3.05, 3.63) is 89.4 Å². The first-order valence-electron chi connectivity index (χ1n) is 8.14. The molecule has 0 spiro atoms. The number of hydrogen-bond acceptors (Lipinski definition) is 3. The van der Waals surface area contributed by atoms with Crippen molar-refractivity contribution in [1.29, 1.82) is 0 Å². The summed E-state index contributed by atoms with van der Waals surface area (Å²) in [6.45, 7) is 0. The van der Waals surface area contributed by atoms with Gasteiger partial charge in [0.05, 0.1) is 5.75 Å². The van der Waals surface area contributed by atoms with Gasteiger partial charge in [0.25, 0.3) is 0 Å². The number of thioether (sulfide) groups is 1. The molecule has 3 aromatic rings. The van der Waals surface area contributed by atoms with E-state index in [4.69, 9.17) is 16.3 Å². The summed E-state index contributed by atoms with van der Waals surface area (Å²) in [7, 11) is 0. The lowest BCUT2D eigenvalue weighted by Crippen LogP contribution is -2.14. The van der Waals surface area contributed by atoms with E-state index < -0.39 is 0 Å². The fourth-order valence-corrected chi connectivity index (χ4v) is 3.30. The molecule has 0 aliphatic carbocycles. The maximum atomic E-state index is 12.1. The Morgan fingerprint density at radius 3 is 2.38 bits per heavy atom. The molecule has 132 valence electrons. The molecule has 3 aromatic carbocycles. The van der Waals surface area contributed by atoms with Crippen LogP contribution in [0.3, 0.4) is 0 Å². The number of halogens is 1. The lowest BCUT2D eigenvalue weighted by molar-refractivity contribution is -0.113. The normalized spacial score (nSPS) is 10.3. The average Bonchev–Trinajstić information content (AvgIpc) is 2.64. The summed E-state index contributed by atoms with van der Waals surface area (Å²) >= 11 is 7.51. The van der Waals surface area contributed by atoms with Gasteiger partial charge in [0.2, 0.25) is 5.91 Å². The molecule has 0 saturated heterocycles. The van der Waals surface area contributed by atoms with E-state index in [0.717, 1.165) is 28.5 Å². The number of carbonyl (C=O) groups is 1. The van der Waals surface area contributed by atoms with Crippen molar-refractivity contribution in [2.24, 2.45) is 0 Å². The molecule has 26 heavy (non-hydrogen) atoms. The smallest absolute Gasteiger partial charge is 0.234 e. The third-order valence-electron chi connectivity index (χ3n) is 3.51. The number of amides is 1. The monoisotopic (exact) mass is 383 g/mol. The van der Waals surface area contributed by atoms with Gasteiger partial charge in [0.15, 0.2) is 0 Å². The predicted octanol–water partition coefficient (Wildman–Crippen LogP) is 6.00. The van der Waals surface area contributed by atoms with Crippen molar-refractivity contribution in [1.82, 2.24) is 0 Å². The minimum atomic E-state index is -0.0336. The minimum Gasteiger partial charge on any atom is -0.457 e. The standard InChI is InChI=1S/C21H18ClNO2S/c22-17-6-4-5-16(13-17)14-26-15-21(24)23-18-9-11-20(12-10-18)25-19-7-2-1-3-8-19/h1-13H,14-15H2,(H,23,24). The quantitative estimate of drug-likeness (QED) is 0.543. The lowest BCUT2D eigenvalue weighted by atomic mass is 10.2. The van der Waals surface area contributed by atoms with Gasteiger partial charge >= 0.3 is 0 Å². The first-order valence-corrected chi connectivity index (χ1v) is 9.67. The van der Waals surface area contributed by atoms with Gasteiger partial charge < -0.3 is 10.1 Å². The van der Waals surface area contributed by atoms with E-state index in [1.165, 1.54) is 0 Å². The van der Waals surface area contributed by atoms with Crippen molar-refractivity contribution in [2.45, 2.75) is 5.75 Å². The largest absolute Gasteiger partial charge is 0.457 e. The van der Waals surface area contributed by atoms with E-state index in [1.807, 2.05) is 78.9 Å². The van der Waals surface area contributed by atoms with E-state index in [1.54, 1.807) is 11.8 Å². The van der Waals surface area contributed by atoms with Crippen molar-refractivity contribution in [2.75, 3.05) is 11.1 Å². The highest BCUT2D eigenvalue weighted by molar-refractivity contribution is 7.99. The van der Waals surface area contributed by atoms with Crippen LogP contribution in [-0.2, 0) is 10.5 Å². The zero-order valence-electron chi connectivity index (χ0n) is 14.0. The third-order valence-corrected chi connectivity index (χ3v) is 4.75. The van der Waals surface area contributed by atoms with Crippen LogP contribution >= 0.6 is 23.4 Å². The number of benzene rings is 3. The van der Waals surface area contributed by atoms with E-state index in [-0.39, 0.29) is 5.91 Å². The average molecular weight is 384 g/mol. The molecule has 0 aliphatic heterocycles. The highest BCUT2D eigenvalue weighted by Gasteiger charge is 2.04. The Morgan fingerprint density at radius 1 is 0.923 bits per heavy atom. The van der Waals surface area contributed by atoms with E-state index >= 15 is 0 Å². The molecule has 0 saturated carbocycles. The van der Waals surface area contributed by atoms with Gasteiger partial charge in [-0.15, -0.1) is 11.8 Å². The van der Waals surface area contributed by atoms with Crippen LogP contribution in [0.1, 0.15) is 5.56 Å². The maximum absolute atomic E-state index is 12.1. The Morgan fingerprint density at radius 2 is 1.65 bits per heavy atom. The Bertz CT molecular complexity index is 853. The van der Waals surface area contributed by atoms with Crippen LogP contribution in [0.4, 0.5) is 5.69 Å². The third kappa shape index (κ3) is 5.83. The molecule has 0 atom stereocenters. The SMILES string of the molecule is O=C(CSCc1cccc(Cl)c1)Nc1ccc(Oc2ccccc2)cc1. The van der Waals surface area contributed by atoms with Crippen LogP contribution < -0.4 is 10.1 Å². The van der Waals surface area contributed by atoms with Gasteiger partial charge in [-0.3, -0.25) is 4.79 Å². The molecule has 0 fully saturated rings. The van der Waals surface area contributed by atoms with Gasteiger partial charge in [-0.05, 0) is 54.1 Å². The number of nitrogens with one attached hydrogen (secondary N) is 1. The summed E-state index contributed by atoms with van der Waals surface area (Å²) in [5.74, 6) is 2.60. The second-order valence-corrected chi connectivity index (χ2v) is 7.03. The van der Waals surface area contributed by atoms with Crippen molar-refractivity contribution >= 4 is 35.0 Å². The van der Waals surface area contributed by atoms with Gasteiger partial charge in [-0.1, -0.05) is 41.9 Å². The van der Waals surface area contributed by atoms with Crippen LogP contribution in [0, 0.1) is 0 Å². The lowest BCUT2D eigenvalue weighted by Gasteiger charge is -2.08. The van der Waals surface area contributed by atoms with Gasteiger partial charge in [0, 0.05) is 16.5 Å². The molecule has 1 N–H and O–H groups in total. The van der Waals surface area contributed by atoms with Crippen LogP contribution in [0.5, 0.6) is 11.5 Å². The second kappa shape index (κ2) is 9.32. The predicted molar refractivity (Wildman–Crippen MR) is 109 cm³/mol.